The topological polar surface area (TPSA) is 233 Å². The highest BCUT2D eigenvalue weighted by atomic mass is 16.7. The Bertz CT molecular complexity index is 1300. The highest BCUT2D eigenvalue weighted by Crippen LogP contribution is 2.17. The maximum absolute atomic E-state index is 13.3. The molecule has 0 saturated heterocycles. The van der Waals surface area contributed by atoms with Gasteiger partial charge in [0, 0.05) is 6.42 Å². The Morgan fingerprint density at radius 3 is 1.79 bits per heavy atom. The maximum atomic E-state index is 13.3. The molecular formula is C32H50N6O10. The van der Waals surface area contributed by atoms with Crippen LogP contribution >= 0.6 is 0 Å². The molecule has 1 rings (SSSR count). The fourth-order valence-electron chi connectivity index (χ4n) is 3.90. The first-order valence-corrected chi connectivity index (χ1v) is 15.5. The number of amides is 6. The van der Waals surface area contributed by atoms with Gasteiger partial charge < -0.3 is 46.5 Å². The summed E-state index contributed by atoms with van der Waals surface area (Å²) in [6.07, 6.45) is -1.51. The van der Waals surface area contributed by atoms with Crippen LogP contribution in [-0.2, 0) is 39.9 Å². The summed E-state index contributed by atoms with van der Waals surface area (Å²) in [4.78, 5) is 86.5. The van der Waals surface area contributed by atoms with Crippen molar-refractivity contribution >= 4 is 41.8 Å². The molecular weight excluding hydrogens is 628 g/mol. The molecule has 0 radical (unpaired) electrons. The lowest BCUT2D eigenvalue weighted by Gasteiger charge is -2.24. The molecule has 48 heavy (non-hydrogen) atoms. The van der Waals surface area contributed by atoms with Crippen molar-refractivity contribution in [2.75, 3.05) is 13.1 Å². The van der Waals surface area contributed by atoms with Gasteiger partial charge in [-0.05, 0) is 78.5 Å². The highest BCUT2D eigenvalue weighted by molar-refractivity contribution is 5.94. The Kier molecular flexibility index (Phi) is 15.8. The zero-order valence-electron chi connectivity index (χ0n) is 29.1. The number of ether oxygens (including phenoxy) is 3. The first-order chi connectivity index (χ1) is 22.0. The molecule has 1 aromatic carbocycles. The lowest BCUT2D eigenvalue weighted by molar-refractivity contribution is -0.132. The number of benzene rings is 1. The number of carbonyl (C=O) groups excluding carboxylic acids is 7. The van der Waals surface area contributed by atoms with E-state index < -0.39 is 84.2 Å². The van der Waals surface area contributed by atoms with Crippen molar-refractivity contribution in [3.8, 4) is 5.75 Å². The molecule has 1 aromatic rings. The van der Waals surface area contributed by atoms with Gasteiger partial charge in [0.15, 0.2) is 0 Å². The zero-order valence-corrected chi connectivity index (χ0v) is 29.1. The third kappa shape index (κ3) is 17.7. The summed E-state index contributed by atoms with van der Waals surface area (Å²) < 4.78 is 15.6. The van der Waals surface area contributed by atoms with Crippen LogP contribution in [0.15, 0.2) is 24.3 Å². The molecule has 0 bridgehead atoms. The normalized spacial score (nSPS) is 13.2. The van der Waals surface area contributed by atoms with Crippen molar-refractivity contribution in [3.63, 3.8) is 0 Å². The quantitative estimate of drug-likeness (QED) is 0.115. The summed E-state index contributed by atoms with van der Waals surface area (Å²) in [5.74, 6) is -3.23. The number of alkyl carbamates (subject to hydrolysis) is 1. The van der Waals surface area contributed by atoms with Crippen LogP contribution < -0.4 is 37.1 Å². The highest BCUT2D eigenvalue weighted by Gasteiger charge is 2.28. The van der Waals surface area contributed by atoms with Gasteiger partial charge in [-0.25, -0.2) is 9.59 Å². The van der Waals surface area contributed by atoms with Crippen LogP contribution in [-0.4, -0.2) is 84.2 Å². The first-order valence-electron chi connectivity index (χ1n) is 15.5. The van der Waals surface area contributed by atoms with Crippen LogP contribution in [0.5, 0.6) is 5.75 Å². The van der Waals surface area contributed by atoms with Gasteiger partial charge in [0.1, 0.15) is 35.1 Å². The molecule has 16 nitrogen and oxygen atoms in total. The van der Waals surface area contributed by atoms with Crippen molar-refractivity contribution in [1.82, 2.24) is 26.6 Å². The molecule has 0 aliphatic rings. The van der Waals surface area contributed by atoms with Crippen LogP contribution in [0.1, 0.15) is 74.3 Å². The summed E-state index contributed by atoms with van der Waals surface area (Å²) in [6.45, 7) is 14.2. The van der Waals surface area contributed by atoms with Gasteiger partial charge in [-0.1, -0.05) is 26.0 Å². The lowest BCUT2D eigenvalue weighted by Crippen LogP contribution is -2.55. The van der Waals surface area contributed by atoms with E-state index in [-0.39, 0.29) is 24.5 Å². The van der Waals surface area contributed by atoms with Gasteiger partial charge in [0.05, 0.1) is 13.1 Å². The Morgan fingerprint density at radius 2 is 1.27 bits per heavy atom. The minimum atomic E-state index is -1.19. The van der Waals surface area contributed by atoms with E-state index in [2.05, 4.69) is 26.6 Å². The molecule has 16 heteroatoms. The molecule has 3 unspecified atom stereocenters. The molecule has 0 aliphatic carbocycles. The Morgan fingerprint density at radius 1 is 0.708 bits per heavy atom. The van der Waals surface area contributed by atoms with E-state index >= 15 is 0 Å². The Balaban J connectivity index is 2.90. The maximum Gasteiger partial charge on any atom is 0.514 e. The van der Waals surface area contributed by atoms with Crippen molar-refractivity contribution in [3.05, 3.63) is 29.8 Å². The second kappa shape index (κ2) is 18.4. The standard InChI is InChI=1S/C32H50N6O10/c1-18(2)14-22(27(42)34-16-24(33)39)37-25(40)17-35-26(41)19(3)36-28(43)23(38-29(44)47-31(4,5)6)15-20-10-12-21(13-11-20)46-30(45)48-32(7,8)9/h10-13,18-19,22-23H,14-17H2,1-9H3,(H2,33,39)(H,34,42)(H,35,41)(H,36,43)(H,37,40)(H,38,44). The lowest BCUT2D eigenvalue weighted by atomic mass is 10.0. The molecule has 0 aromatic heterocycles. The van der Waals surface area contributed by atoms with Gasteiger partial charge in [0.2, 0.25) is 29.5 Å². The van der Waals surface area contributed by atoms with E-state index in [0.29, 0.717) is 5.56 Å². The second-order valence-corrected chi connectivity index (χ2v) is 13.5. The van der Waals surface area contributed by atoms with E-state index in [0.717, 1.165) is 0 Å². The van der Waals surface area contributed by atoms with E-state index in [1.807, 2.05) is 13.8 Å². The van der Waals surface area contributed by atoms with Crippen molar-refractivity contribution in [2.24, 2.45) is 11.7 Å². The Labute approximate surface area is 280 Å². The van der Waals surface area contributed by atoms with Gasteiger partial charge >= 0.3 is 12.2 Å². The van der Waals surface area contributed by atoms with Crippen LogP contribution in [0.25, 0.3) is 0 Å². The van der Waals surface area contributed by atoms with Crippen LogP contribution in [0.4, 0.5) is 9.59 Å². The van der Waals surface area contributed by atoms with Crippen LogP contribution in [0.3, 0.4) is 0 Å². The third-order valence-corrected chi connectivity index (χ3v) is 5.93. The van der Waals surface area contributed by atoms with Crippen molar-refractivity contribution in [1.29, 1.82) is 0 Å². The minimum Gasteiger partial charge on any atom is -0.444 e. The SMILES string of the molecule is CC(C)CC(NC(=O)CNC(=O)C(C)NC(=O)C(Cc1ccc(OC(=O)OC(C)(C)C)cc1)NC(=O)OC(C)(C)C)C(=O)NCC(N)=O. The average Bonchev–Trinajstić information content (AvgIpc) is 2.92. The van der Waals surface area contributed by atoms with E-state index in [9.17, 15) is 33.6 Å². The van der Waals surface area contributed by atoms with E-state index in [1.165, 1.54) is 19.1 Å². The summed E-state index contributed by atoms with van der Waals surface area (Å²) in [6, 6.07) is 2.88. The number of nitrogens with two attached hydrogens (primary N) is 1. The van der Waals surface area contributed by atoms with Crippen LogP contribution in [0, 0.1) is 5.92 Å². The van der Waals surface area contributed by atoms with E-state index in [1.54, 1.807) is 53.7 Å². The smallest absolute Gasteiger partial charge is 0.444 e. The third-order valence-electron chi connectivity index (χ3n) is 5.93. The number of primary amides is 1. The largest absolute Gasteiger partial charge is 0.514 e. The minimum absolute atomic E-state index is 0.0187. The Hall–Kier alpha value is -4.89. The molecule has 0 spiro atoms. The van der Waals surface area contributed by atoms with E-state index in [4.69, 9.17) is 19.9 Å². The molecule has 7 N–H and O–H groups in total. The predicted molar refractivity (Wildman–Crippen MR) is 174 cm³/mol. The monoisotopic (exact) mass is 678 g/mol. The van der Waals surface area contributed by atoms with Gasteiger partial charge in [0.25, 0.3) is 0 Å². The van der Waals surface area contributed by atoms with Crippen LogP contribution in [0.2, 0.25) is 0 Å². The summed E-state index contributed by atoms with van der Waals surface area (Å²) in [5.41, 5.74) is 4.05. The number of rotatable bonds is 15. The summed E-state index contributed by atoms with van der Waals surface area (Å²) in [5, 5.41) is 12.3. The zero-order chi connectivity index (χ0) is 36.8. The fourth-order valence-corrected chi connectivity index (χ4v) is 3.90. The van der Waals surface area contributed by atoms with Crippen molar-refractivity contribution in [2.45, 2.75) is 104 Å². The molecule has 6 amide bonds. The second-order valence-electron chi connectivity index (χ2n) is 13.5. The van der Waals surface area contributed by atoms with Gasteiger partial charge in [-0.15, -0.1) is 0 Å². The molecule has 0 fully saturated rings. The van der Waals surface area contributed by atoms with Gasteiger partial charge in [-0.3, -0.25) is 24.0 Å². The molecule has 0 saturated carbocycles. The summed E-state index contributed by atoms with van der Waals surface area (Å²) in [7, 11) is 0. The number of hydrogen-bond donors (Lipinski definition) is 6. The fraction of sp³-hybridized carbons (Fsp3) is 0.594. The molecule has 268 valence electrons. The number of nitrogens with one attached hydrogen (secondary N) is 5. The predicted octanol–water partition coefficient (Wildman–Crippen LogP) is 1.19. The summed E-state index contributed by atoms with van der Waals surface area (Å²) >= 11 is 0. The van der Waals surface area contributed by atoms with Gasteiger partial charge in [-0.2, -0.15) is 0 Å². The molecule has 0 heterocycles. The number of hydrogen-bond acceptors (Lipinski definition) is 10. The van der Waals surface area contributed by atoms with Crippen molar-refractivity contribution < 1.29 is 47.8 Å². The number of carbonyl (C=O) groups is 7. The first kappa shape index (κ1) is 41.1. The molecule has 0 aliphatic heterocycles. The molecule has 3 atom stereocenters. The average molecular weight is 679 g/mol.